The highest BCUT2D eigenvalue weighted by Gasteiger charge is 2.16. The molecular weight excluding hydrogens is 265 g/mol. The van der Waals surface area contributed by atoms with Crippen molar-refractivity contribution in [2.45, 2.75) is 13.3 Å². The molecule has 0 unspecified atom stereocenters. The van der Waals surface area contributed by atoms with Crippen molar-refractivity contribution in [2.24, 2.45) is 7.05 Å². The molecule has 21 heavy (non-hydrogen) atoms. The van der Waals surface area contributed by atoms with Gasteiger partial charge in [0.2, 0.25) is 0 Å². The summed E-state index contributed by atoms with van der Waals surface area (Å²) in [5.74, 6) is 0.599. The number of hydrogen-bond donors (Lipinski definition) is 0. The Bertz CT molecular complexity index is 746. The lowest BCUT2D eigenvalue weighted by Gasteiger charge is -2.05. The second kappa shape index (κ2) is 5.48. The molecule has 0 radical (unpaired) electrons. The molecule has 0 saturated carbocycles. The summed E-state index contributed by atoms with van der Waals surface area (Å²) in [5.41, 5.74) is 3.98. The van der Waals surface area contributed by atoms with Crippen molar-refractivity contribution in [1.29, 1.82) is 0 Å². The summed E-state index contributed by atoms with van der Waals surface area (Å²) in [6.45, 7) is 2.10. The predicted molar refractivity (Wildman–Crippen MR) is 81.2 cm³/mol. The van der Waals surface area contributed by atoms with E-state index in [0.717, 1.165) is 34.8 Å². The first kappa shape index (κ1) is 13.5. The highest BCUT2D eigenvalue weighted by molar-refractivity contribution is 5.67. The maximum Gasteiger partial charge on any atom is 0.140 e. The number of pyridine rings is 1. The van der Waals surface area contributed by atoms with Gasteiger partial charge in [0.15, 0.2) is 0 Å². The van der Waals surface area contributed by atoms with Crippen LogP contribution in [0.25, 0.3) is 22.6 Å². The normalized spacial score (nSPS) is 10.8. The summed E-state index contributed by atoms with van der Waals surface area (Å²) in [6.07, 6.45) is 4.43. The largest absolute Gasteiger partial charge is 0.331 e. The molecule has 2 aromatic heterocycles. The molecule has 2 heterocycles. The van der Waals surface area contributed by atoms with Crippen LogP contribution in [0.5, 0.6) is 0 Å². The van der Waals surface area contributed by atoms with Crippen molar-refractivity contribution < 1.29 is 4.39 Å². The van der Waals surface area contributed by atoms with Gasteiger partial charge in [0.25, 0.3) is 0 Å². The number of imidazole rings is 1. The van der Waals surface area contributed by atoms with Crippen LogP contribution in [0, 0.1) is 5.82 Å². The van der Waals surface area contributed by atoms with E-state index in [0.29, 0.717) is 0 Å². The molecule has 3 nitrogen and oxygen atoms in total. The van der Waals surface area contributed by atoms with Gasteiger partial charge in [-0.15, -0.1) is 0 Å². The number of benzene rings is 1. The van der Waals surface area contributed by atoms with E-state index in [-0.39, 0.29) is 5.82 Å². The molecular formula is C17H16FN3. The van der Waals surface area contributed by atoms with E-state index in [1.807, 2.05) is 25.4 Å². The van der Waals surface area contributed by atoms with Crippen molar-refractivity contribution in [2.75, 3.05) is 0 Å². The first-order valence-electron chi connectivity index (χ1n) is 6.92. The molecule has 0 fully saturated rings. The van der Waals surface area contributed by atoms with Gasteiger partial charge in [0.1, 0.15) is 11.6 Å². The number of nitrogens with zero attached hydrogens (tertiary/aromatic N) is 3. The van der Waals surface area contributed by atoms with Crippen LogP contribution in [-0.4, -0.2) is 14.5 Å². The fourth-order valence-corrected chi connectivity index (χ4v) is 2.53. The van der Waals surface area contributed by atoms with Crippen molar-refractivity contribution in [3.05, 3.63) is 60.3 Å². The van der Waals surface area contributed by atoms with Crippen LogP contribution in [-0.2, 0) is 13.5 Å². The topological polar surface area (TPSA) is 30.7 Å². The Labute approximate surface area is 123 Å². The monoisotopic (exact) mass is 281 g/mol. The molecule has 0 aliphatic rings. The molecule has 1 aromatic carbocycles. The van der Waals surface area contributed by atoms with Crippen molar-refractivity contribution in [1.82, 2.24) is 14.5 Å². The van der Waals surface area contributed by atoms with Crippen LogP contribution >= 0.6 is 0 Å². The molecule has 4 heteroatoms. The molecule has 0 aliphatic carbocycles. The van der Waals surface area contributed by atoms with E-state index in [4.69, 9.17) is 4.98 Å². The molecule has 3 rings (SSSR count). The summed E-state index contributed by atoms with van der Waals surface area (Å²) in [4.78, 5) is 8.91. The van der Waals surface area contributed by atoms with Crippen molar-refractivity contribution in [3.8, 4) is 22.6 Å². The standard InChI is InChI=1S/C17H16FN3/c1-3-15-16(13-5-4-10-19-11-13)20-17(21(15)2)12-6-8-14(18)9-7-12/h4-11H,3H2,1-2H3. The Hall–Kier alpha value is -2.49. The molecule has 0 amide bonds. The number of hydrogen-bond acceptors (Lipinski definition) is 2. The first-order valence-corrected chi connectivity index (χ1v) is 6.92. The maximum absolute atomic E-state index is 13.1. The summed E-state index contributed by atoms with van der Waals surface area (Å²) in [6, 6.07) is 10.3. The predicted octanol–water partition coefficient (Wildman–Crippen LogP) is 3.85. The van der Waals surface area contributed by atoms with E-state index in [9.17, 15) is 4.39 Å². The summed E-state index contributed by atoms with van der Waals surface area (Å²) in [7, 11) is 1.99. The minimum atomic E-state index is -0.240. The SMILES string of the molecule is CCc1c(-c2cccnc2)nc(-c2ccc(F)cc2)n1C. The van der Waals surface area contributed by atoms with Gasteiger partial charge in [0, 0.05) is 36.3 Å². The minimum absolute atomic E-state index is 0.240. The lowest BCUT2D eigenvalue weighted by atomic mass is 10.1. The highest BCUT2D eigenvalue weighted by Crippen LogP contribution is 2.28. The molecule has 0 saturated heterocycles. The van der Waals surface area contributed by atoms with Crippen molar-refractivity contribution in [3.63, 3.8) is 0 Å². The smallest absolute Gasteiger partial charge is 0.140 e. The average Bonchev–Trinajstić information content (AvgIpc) is 2.86. The first-order chi connectivity index (χ1) is 10.2. The lowest BCUT2D eigenvalue weighted by Crippen LogP contribution is -1.98. The number of aromatic nitrogens is 3. The number of rotatable bonds is 3. The van der Waals surface area contributed by atoms with Crippen LogP contribution in [0.2, 0.25) is 0 Å². The van der Waals surface area contributed by atoms with E-state index in [1.165, 1.54) is 12.1 Å². The van der Waals surface area contributed by atoms with Gasteiger partial charge in [-0.25, -0.2) is 9.37 Å². The van der Waals surface area contributed by atoms with Gasteiger partial charge in [-0.05, 0) is 42.8 Å². The van der Waals surface area contributed by atoms with E-state index < -0.39 is 0 Å². The molecule has 3 aromatic rings. The molecule has 0 spiro atoms. The minimum Gasteiger partial charge on any atom is -0.331 e. The van der Waals surface area contributed by atoms with Crippen molar-refractivity contribution >= 4 is 0 Å². The maximum atomic E-state index is 13.1. The Kier molecular flexibility index (Phi) is 3.52. The third kappa shape index (κ3) is 2.44. The molecule has 0 aliphatic heterocycles. The van der Waals surface area contributed by atoms with Crippen LogP contribution in [0.3, 0.4) is 0 Å². The summed E-state index contributed by atoms with van der Waals surface area (Å²) < 4.78 is 15.1. The molecule has 106 valence electrons. The Morgan fingerprint density at radius 2 is 1.86 bits per heavy atom. The third-order valence-electron chi connectivity index (χ3n) is 3.59. The zero-order valence-corrected chi connectivity index (χ0v) is 12.0. The van der Waals surface area contributed by atoms with Crippen LogP contribution in [0.4, 0.5) is 4.39 Å². The second-order valence-electron chi connectivity index (χ2n) is 4.89. The summed E-state index contributed by atoms with van der Waals surface area (Å²) >= 11 is 0. The van der Waals surface area contributed by atoms with Gasteiger partial charge >= 0.3 is 0 Å². The van der Waals surface area contributed by atoms with Gasteiger partial charge in [-0.3, -0.25) is 4.98 Å². The zero-order valence-electron chi connectivity index (χ0n) is 12.0. The Morgan fingerprint density at radius 3 is 2.48 bits per heavy atom. The van der Waals surface area contributed by atoms with Gasteiger partial charge < -0.3 is 4.57 Å². The van der Waals surface area contributed by atoms with E-state index in [1.54, 1.807) is 18.3 Å². The second-order valence-corrected chi connectivity index (χ2v) is 4.89. The van der Waals surface area contributed by atoms with E-state index in [2.05, 4.69) is 16.5 Å². The Balaban J connectivity index is 2.16. The number of halogens is 1. The van der Waals surface area contributed by atoms with Gasteiger partial charge in [0.05, 0.1) is 5.69 Å². The fourth-order valence-electron chi connectivity index (χ4n) is 2.53. The lowest BCUT2D eigenvalue weighted by molar-refractivity contribution is 0.628. The quantitative estimate of drug-likeness (QED) is 0.730. The molecule has 0 N–H and O–H groups in total. The fraction of sp³-hybridized carbons (Fsp3) is 0.176. The zero-order chi connectivity index (χ0) is 14.8. The van der Waals surface area contributed by atoms with Crippen LogP contribution in [0.1, 0.15) is 12.6 Å². The summed E-state index contributed by atoms with van der Waals surface area (Å²) in [5, 5.41) is 0. The third-order valence-corrected chi connectivity index (χ3v) is 3.59. The van der Waals surface area contributed by atoms with Crippen LogP contribution in [0.15, 0.2) is 48.8 Å². The highest BCUT2D eigenvalue weighted by atomic mass is 19.1. The van der Waals surface area contributed by atoms with Gasteiger partial charge in [-0.1, -0.05) is 6.92 Å². The average molecular weight is 281 g/mol. The molecule has 0 bridgehead atoms. The van der Waals surface area contributed by atoms with E-state index >= 15 is 0 Å². The van der Waals surface area contributed by atoms with Gasteiger partial charge in [-0.2, -0.15) is 0 Å². The molecule has 0 atom stereocenters. The van der Waals surface area contributed by atoms with Crippen LogP contribution < -0.4 is 0 Å². The Morgan fingerprint density at radius 1 is 1.10 bits per heavy atom.